The molecule has 0 aromatic carbocycles. The SMILES string of the molecule is CCCCNC(=O)C1CCC(C)N(C(=O)Cc2csc(NC(=O)c3cccs3)n2)C1. The lowest BCUT2D eigenvalue weighted by molar-refractivity contribution is -0.137. The summed E-state index contributed by atoms with van der Waals surface area (Å²) in [7, 11) is 0. The van der Waals surface area contributed by atoms with Crippen LogP contribution in [0.2, 0.25) is 0 Å². The summed E-state index contributed by atoms with van der Waals surface area (Å²) in [6.07, 6.45) is 3.79. The van der Waals surface area contributed by atoms with Crippen LogP contribution in [-0.2, 0) is 16.0 Å². The minimum atomic E-state index is -0.196. The second kappa shape index (κ2) is 10.7. The zero-order valence-corrected chi connectivity index (χ0v) is 19.0. The number of anilines is 1. The zero-order chi connectivity index (χ0) is 21.5. The van der Waals surface area contributed by atoms with Gasteiger partial charge in [0, 0.05) is 24.5 Å². The first-order valence-electron chi connectivity index (χ1n) is 10.3. The topological polar surface area (TPSA) is 91.4 Å². The van der Waals surface area contributed by atoms with Crippen molar-refractivity contribution in [2.24, 2.45) is 5.92 Å². The molecule has 0 bridgehead atoms. The van der Waals surface area contributed by atoms with Crippen LogP contribution in [0.15, 0.2) is 22.9 Å². The Balaban J connectivity index is 1.54. The van der Waals surface area contributed by atoms with Gasteiger partial charge in [0.05, 0.1) is 22.9 Å². The third kappa shape index (κ3) is 5.89. The fraction of sp³-hybridized carbons (Fsp3) is 0.524. The second-order valence-corrected chi connectivity index (χ2v) is 9.37. The molecule has 162 valence electrons. The van der Waals surface area contributed by atoms with Crippen molar-refractivity contribution in [1.29, 1.82) is 0 Å². The number of amides is 3. The predicted octanol–water partition coefficient (Wildman–Crippen LogP) is 3.54. The van der Waals surface area contributed by atoms with Gasteiger partial charge < -0.3 is 10.2 Å². The van der Waals surface area contributed by atoms with Gasteiger partial charge in [-0.05, 0) is 37.6 Å². The van der Waals surface area contributed by atoms with Gasteiger partial charge in [-0.15, -0.1) is 22.7 Å². The maximum atomic E-state index is 12.9. The van der Waals surface area contributed by atoms with Crippen LogP contribution < -0.4 is 10.6 Å². The van der Waals surface area contributed by atoms with Gasteiger partial charge in [0.2, 0.25) is 11.8 Å². The van der Waals surface area contributed by atoms with Crippen LogP contribution in [0.1, 0.15) is 54.9 Å². The summed E-state index contributed by atoms with van der Waals surface area (Å²) in [5.74, 6) is -0.340. The van der Waals surface area contributed by atoms with E-state index >= 15 is 0 Å². The molecule has 1 fully saturated rings. The van der Waals surface area contributed by atoms with Crippen molar-refractivity contribution >= 4 is 45.5 Å². The summed E-state index contributed by atoms with van der Waals surface area (Å²) in [6, 6.07) is 3.68. The molecular weight excluding hydrogens is 420 g/mol. The molecule has 3 rings (SSSR count). The van der Waals surface area contributed by atoms with E-state index in [1.807, 2.05) is 18.4 Å². The number of piperidine rings is 1. The largest absolute Gasteiger partial charge is 0.356 e. The zero-order valence-electron chi connectivity index (χ0n) is 17.3. The molecule has 1 aliphatic rings. The Kier molecular flexibility index (Phi) is 7.98. The Hall–Kier alpha value is -2.26. The van der Waals surface area contributed by atoms with Gasteiger partial charge in [-0.3, -0.25) is 19.7 Å². The van der Waals surface area contributed by atoms with Crippen molar-refractivity contribution in [3.63, 3.8) is 0 Å². The fourth-order valence-electron chi connectivity index (χ4n) is 3.47. The molecular formula is C21H28N4O3S2. The average Bonchev–Trinajstić information content (AvgIpc) is 3.40. The van der Waals surface area contributed by atoms with Crippen molar-refractivity contribution in [3.05, 3.63) is 33.5 Å². The fourth-order valence-corrected chi connectivity index (χ4v) is 4.79. The number of thiazole rings is 1. The number of carbonyl (C=O) groups excluding carboxylic acids is 3. The van der Waals surface area contributed by atoms with Gasteiger partial charge in [-0.1, -0.05) is 19.4 Å². The van der Waals surface area contributed by atoms with Crippen LogP contribution in [0.3, 0.4) is 0 Å². The highest BCUT2D eigenvalue weighted by Crippen LogP contribution is 2.24. The molecule has 0 radical (unpaired) electrons. The van der Waals surface area contributed by atoms with Gasteiger partial charge >= 0.3 is 0 Å². The smallest absolute Gasteiger partial charge is 0.267 e. The number of unbranched alkanes of at least 4 members (excludes halogenated alkanes) is 1. The lowest BCUT2D eigenvalue weighted by atomic mass is 9.92. The molecule has 9 heteroatoms. The van der Waals surface area contributed by atoms with E-state index in [4.69, 9.17) is 0 Å². The number of hydrogen-bond acceptors (Lipinski definition) is 6. The maximum absolute atomic E-state index is 12.9. The summed E-state index contributed by atoms with van der Waals surface area (Å²) in [6.45, 7) is 5.25. The van der Waals surface area contributed by atoms with E-state index < -0.39 is 0 Å². The third-order valence-corrected chi connectivity index (χ3v) is 6.93. The van der Waals surface area contributed by atoms with Crippen LogP contribution >= 0.6 is 22.7 Å². The van der Waals surface area contributed by atoms with E-state index in [0.717, 1.165) is 25.7 Å². The molecule has 1 saturated heterocycles. The van der Waals surface area contributed by atoms with Crippen LogP contribution in [0.25, 0.3) is 0 Å². The number of thiophene rings is 1. The van der Waals surface area contributed by atoms with E-state index in [-0.39, 0.29) is 36.1 Å². The molecule has 7 nitrogen and oxygen atoms in total. The summed E-state index contributed by atoms with van der Waals surface area (Å²) < 4.78 is 0. The van der Waals surface area contributed by atoms with E-state index in [0.29, 0.717) is 28.8 Å². The van der Waals surface area contributed by atoms with Crippen molar-refractivity contribution in [1.82, 2.24) is 15.2 Å². The number of carbonyl (C=O) groups is 3. The first-order chi connectivity index (χ1) is 14.5. The van der Waals surface area contributed by atoms with Crippen LogP contribution in [0, 0.1) is 5.92 Å². The van der Waals surface area contributed by atoms with E-state index in [9.17, 15) is 14.4 Å². The summed E-state index contributed by atoms with van der Waals surface area (Å²) in [4.78, 5) is 44.3. The maximum Gasteiger partial charge on any atom is 0.267 e. The first kappa shape index (κ1) is 22.4. The number of rotatable bonds is 8. The molecule has 30 heavy (non-hydrogen) atoms. The van der Waals surface area contributed by atoms with Gasteiger partial charge in [-0.2, -0.15) is 0 Å². The molecule has 2 aromatic rings. The van der Waals surface area contributed by atoms with Crippen LogP contribution in [0.4, 0.5) is 5.13 Å². The monoisotopic (exact) mass is 448 g/mol. The van der Waals surface area contributed by atoms with Crippen molar-refractivity contribution in [2.45, 2.75) is 52.0 Å². The third-order valence-electron chi connectivity index (χ3n) is 5.25. The number of hydrogen-bond donors (Lipinski definition) is 2. The molecule has 2 aromatic heterocycles. The first-order valence-corrected chi connectivity index (χ1v) is 12.1. The Morgan fingerprint density at radius 3 is 2.83 bits per heavy atom. The molecule has 0 aliphatic carbocycles. The highest BCUT2D eigenvalue weighted by Gasteiger charge is 2.32. The Bertz CT molecular complexity index is 865. The molecule has 2 N–H and O–H groups in total. The normalized spacial score (nSPS) is 18.8. The molecule has 0 spiro atoms. The van der Waals surface area contributed by atoms with E-state index in [2.05, 4.69) is 22.5 Å². The highest BCUT2D eigenvalue weighted by atomic mass is 32.1. The Labute approximate surface area is 184 Å². The average molecular weight is 449 g/mol. The minimum Gasteiger partial charge on any atom is -0.356 e. The summed E-state index contributed by atoms with van der Waals surface area (Å²) in [5, 5.41) is 9.88. The van der Waals surface area contributed by atoms with Crippen LogP contribution in [-0.4, -0.2) is 46.7 Å². The summed E-state index contributed by atoms with van der Waals surface area (Å²) in [5.41, 5.74) is 0.633. The van der Waals surface area contributed by atoms with Gasteiger partial charge in [0.1, 0.15) is 0 Å². The number of aromatic nitrogens is 1. The lowest BCUT2D eigenvalue weighted by Gasteiger charge is -2.37. The van der Waals surface area contributed by atoms with Crippen molar-refractivity contribution in [3.8, 4) is 0 Å². The number of nitrogens with zero attached hydrogens (tertiary/aromatic N) is 2. The number of likely N-dealkylation sites (tertiary alicyclic amines) is 1. The van der Waals surface area contributed by atoms with Crippen molar-refractivity contribution in [2.75, 3.05) is 18.4 Å². The van der Waals surface area contributed by atoms with Gasteiger partial charge in [0.15, 0.2) is 5.13 Å². The molecule has 2 atom stereocenters. The number of nitrogens with one attached hydrogen (secondary N) is 2. The second-order valence-electron chi connectivity index (χ2n) is 7.57. The lowest BCUT2D eigenvalue weighted by Crippen LogP contribution is -2.50. The Morgan fingerprint density at radius 1 is 1.27 bits per heavy atom. The standard InChI is InChI=1S/C21H28N4O3S2/c1-3-4-9-22-19(27)15-8-7-14(2)25(12-15)18(26)11-16-13-30-21(23-16)24-20(28)17-6-5-10-29-17/h5-6,10,13-15H,3-4,7-9,11-12H2,1-2H3,(H,22,27)(H,23,24,28). The molecule has 3 heterocycles. The summed E-state index contributed by atoms with van der Waals surface area (Å²) >= 11 is 2.67. The molecule has 1 aliphatic heterocycles. The quantitative estimate of drug-likeness (QED) is 0.604. The van der Waals surface area contributed by atoms with E-state index in [1.54, 1.807) is 16.3 Å². The van der Waals surface area contributed by atoms with Crippen LogP contribution in [0.5, 0.6) is 0 Å². The highest BCUT2D eigenvalue weighted by molar-refractivity contribution is 7.14. The molecule has 3 amide bonds. The van der Waals surface area contributed by atoms with E-state index in [1.165, 1.54) is 22.7 Å². The Morgan fingerprint density at radius 2 is 2.10 bits per heavy atom. The predicted molar refractivity (Wildman–Crippen MR) is 120 cm³/mol. The molecule has 0 saturated carbocycles. The minimum absolute atomic E-state index is 0.0324. The van der Waals surface area contributed by atoms with Gasteiger partial charge in [-0.25, -0.2) is 4.98 Å². The van der Waals surface area contributed by atoms with Gasteiger partial charge in [0.25, 0.3) is 5.91 Å². The molecule has 2 unspecified atom stereocenters. The van der Waals surface area contributed by atoms with Crippen molar-refractivity contribution < 1.29 is 14.4 Å².